The average Bonchev–Trinajstić information content (AvgIpc) is 3.61. The molecule has 6 aromatic rings. The molecule has 0 aliphatic rings. The molecule has 0 saturated carbocycles. The summed E-state index contributed by atoms with van der Waals surface area (Å²) < 4.78 is 22.4. The predicted molar refractivity (Wildman–Crippen MR) is 141 cm³/mol. The summed E-state index contributed by atoms with van der Waals surface area (Å²) >= 11 is 1.25. The van der Waals surface area contributed by atoms with Gasteiger partial charge in [0.15, 0.2) is 5.82 Å². The highest BCUT2D eigenvalue weighted by molar-refractivity contribution is 7.15. The Morgan fingerprint density at radius 3 is 2.38 bits per heavy atom. The van der Waals surface area contributed by atoms with E-state index in [2.05, 4.69) is 10.1 Å². The zero-order chi connectivity index (χ0) is 25.4. The first-order chi connectivity index (χ1) is 18.1. The zero-order valence-corrected chi connectivity index (χ0v) is 20.5. The van der Waals surface area contributed by atoms with Crippen LogP contribution in [0, 0.1) is 5.82 Å². The van der Waals surface area contributed by atoms with E-state index in [0.717, 1.165) is 28.3 Å². The highest BCUT2D eigenvalue weighted by Crippen LogP contribution is 2.26. The maximum Gasteiger partial charge on any atom is 0.291 e. The molecule has 7 nitrogen and oxygen atoms in total. The third-order valence-corrected chi connectivity index (χ3v) is 6.73. The molecule has 0 unspecified atom stereocenters. The minimum atomic E-state index is -0.342. The van der Waals surface area contributed by atoms with E-state index in [4.69, 9.17) is 9.84 Å². The van der Waals surface area contributed by atoms with E-state index < -0.39 is 0 Å². The number of para-hydroxylation sites is 1. The first kappa shape index (κ1) is 22.8. The minimum absolute atomic E-state index is 0.272. The third-order valence-electron chi connectivity index (χ3n) is 5.77. The topological polar surface area (TPSA) is 74.3 Å². The highest BCUT2D eigenvalue weighted by Gasteiger charge is 2.15. The van der Waals surface area contributed by atoms with Crippen molar-refractivity contribution >= 4 is 22.4 Å². The molecule has 0 spiro atoms. The molecule has 0 atom stereocenters. The lowest BCUT2D eigenvalue weighted by molar-refractivity contribution is 0.340. The standard InChI is InChI=1S/C28H20FN5O2S/c1-2-36-23-14-10-18(11-15-23)25-20(17-33(31-25)22-6-4-3-5-7-22)16-24-27(35)34-28(37-24)30-26(32-34)19-8-12-21(29)13-9-19/h3-17H,2H2,1H3/b24-16-. The van der Waals surface area contributed by atoms with Crippen molar-refractivity contribution in [1.29, 1.82) is 0 Å². The third kappa shape index (κ3) is 4.41. The fourth-order valence-corrected chi connectivity index (χ4v) is 4.90. The lowest BCUT2D eigenvalue weighted by Gasteiger charge is -2.04. The van der Waals surface area contributed by atoms with E-state index in [1.807, 2.05) is 73.8 Å². The SMILES string of the molecule is CCOc1ccc(-c2nn(-c3ccccc3)cc2/C=c2\sc3nc(-c4ccc(F)cc4)nn3c2=O)cc1. The number of halogens is 1. The molecule has 3 heterocycles. The van der Waals surface area contributed by atoms with Crippen LogP contribution in [0.5, 0.6) is 5.75 Å². The Morgan fingerprint density at radius 2 is 1.68 bits per heavy atom. The molecule has 6 rings (SSSR count). The number of thiazole rings is 1. The largest absolute Gasteiger partial charge is 0.494 e. The zero-order valence-electron chi connectivity index (χ0n) is 19.7. The summed E-state index contributed by atoms with van der Waals surface area (Å²) in [4.78, 5) is 18.2. The van der Waals surface area contributed by atoms with Crippen molar-refractivity contribution in [2.75, 3.05) is 6.61 Å². The summed E-state index contributed by atoms with van der Waals surface area (Å²) in [5, 5.41) is 9.19. The molecule has 37 heavy (non-hydrogen) atoms. The molecule has 0 aliphatic carbocycles. The first-order valence-corrected chi connectivity index (χ1v) is 12.5. The monoisotopic (exact) mass is 509 g/mol. The van der Waals surface area contributed by atoms with Gasteiger partial charge in [0.25, 0.3) is 5.56 Å². The van der Waals surface area contributed by atoms with Gasteiger partial charge >= 0.3 is 0 Å². The molecule has 0 radical (unpaired) electrons. The normalized spacial score (nSPS) is 11.9. The number of aromatic nitrogens is 5. The van der Waals surface area contributed by atoms with Crippen LogP contribution in [-0.4, -0.2) is 31.0 Å². The van der Waals surface area contributed by atoms with E-state index in [9.17, 15) is 9.18 Å². The second-order valence-electron chi connectivity index (χ2n) is 8.22. The van der Waals surface area contributed by atoms with Gasteiger partial charge in [0.1, 0.15) is 17.3 Å². The highest BCUT2D eigenvalue weighted by atomic mass is 32.1. The number of rotatable bonds is 6. The first-order valence-electron chi connectivity index (χ1n) is 11.6. The molecule has 0 aliphatic heterocycles. The molecular formula is C28H20FN5O2S. The number of fused-ring (bicyclic) bond motifs is 1. The quantitative estimate of drug-likeness (QED) is 0.324. The van der Waals surface area contributed by atoms with Gasteiger partial charge in [-0.2, -0.15) is 14.6 Å². The van der Waals surface area contributed by atoms with Gasteiger partial charge in [0, 0.05) is 22.9 Å². The van der Waals surface area contributed by atoms with Crippen molar-refractivity contribution in [3.63, 3.8) is 0 Å². The number of benzene rings is 3. The van der Waals surface area contributed by atoms with Crippen LogP contribution >= 0.6 is 11.3 Å². The summed E-state index contributed by atoms with van der Waals surface area (Å²) in [5.74, 6) is 0.816. The van der Waals surface area contributed by atoms with Crippen LogP contribution in [0.4, 0.5) is 4.39 Å². The van der Waals surface area contributed by atoms with Crippen LogP contribution in [0.3, 0.4) is 0 Å². The van der Waals surface area contributed by atoms with Crippen LogP contribution in [0.15, 0.2) is 89.9 Å². The molecule has 3 aromatic carbocycles. The lowest BCUT2D eigenvalue weighted by atomic mass is 10.1. The van der Waals surface area contributed by atoms with Gasteiger partial charge in [-0.25, -0.2) is 9.07 Å². The van der Waals surface area contributed by atoms with Gasteiger partial charge < -0.3 is 4.74 Å². The van der Waals surface area contributed by atoms with Gasteiger partial charge in [0.2, 0.25) is 4.96 Å². The molecule has 0 fully saturated rings. The fraction of sp³-hybridized carbons (Fsp3) is 0.0714. The summed E-state index contributed by atoms with van der Waals surface area (Å²) in [6, 6.07) is 23.4. The number of nitrogens with zero attached hydrogens (tertiary/aromatic N) is 5. The second-order valence-corrected chi connectivity index (χ2v) is 9.23. The van der Waals surface area contributed by atoms with E-state index in [1.54, 1.807) is 16.8 Å². The minimum Gasteiger partial charge on any atom is -0.494 e. The Hall–Kier alpha value is -4.63. The molecule has 0 amide bonds. The van der Waals surface area contributed by atoms with Gasteiger partial charge in [-0.3, -0.25) is 4.79 Å². The smallest absolute Gasteiger partial charge is 0.291 e. The summed E-state index contributed by atoms with van der Waals surface area (Å²) in [6.45, 7) is 2.53. The van der Waals surface area contributed by atoms with Crippen molar-refractivity contribution < 1.29 is 9.13 Å². The van der Waals surface area contributed by atoms with E-state index >= 15 is 0 Å². The van der Waals surface area contributed by atoms with Crippen LogP contribution < -0.4 is 14.8 Å². The van der Waals surface area contributed by atoms with Crippen LogP contribution in [-0.2, 0) is 0 Å². The Bertz CT molecular complexity index is 1810. The Balaban J connectivity index is 1.45. The van der Waals surface area contributed by atoms with Crippen molar-refractivity contribution in [2.45, 2.75) is 6.92 Å². The predicted octanol–water partition coefficient (Wildman–Crippen LogP) is 4.76. The summed E-state index contributed by atoms with van der Waals surface area (Å²) in [7, 11) is 0. The van der Waals surface area contributed by atoms with Crippen LogP contribution in [0.2, 0.25) is 0 Å². The number of hydrogen-bond donors (Lipinski definition) is 0. The fourth-order valence-electron chi connectivity index (χ4n) is 4.00. The molecule has 9 heteroatoms. The second kappa shape index (κ2) is 9.44. The van der Waals surface area contributed by atoms with Gasteiger partial charge in [-0.15, -0.1) is 5.10 Å². The van der Waals surface area contributed by atoms with Crippen molar-refractivity contribution in [3.8, 4) is 34.1 Å². The van der Waals surface area contributed by atoms with Crippen LogP contribution in [0.25, 0.3) is 39.4 Å². The lowest BCUT2D eigenvalue weighted by Crippen LogP contribution is -2.23. The maximum absolute atomic E-state index is 13.3. The average molecular weight is 510 g/mol. The summed E-state index contributed by atoms with van der Waals surface area (Å²) in [5.41, 5.74) is 3.69. The summed E-state index contributed by atoms with van der Waals surface area (Å²) in [6.07, 6.45) is 3.72. The van der Waals surface area contributed by atoms with Crippen molar-refractivity contribution in [2.24, 2.45) is 0 Å². The van der Waals surface area contributed by atoms with E-state index in [1.165, 1.54) is 28.0 Å². The molecule has 182 valence electrons. The molecular weight excluding hydrogens is 489 g/mol. The molecule has 0 N–H and O–H groups in total. The molecule has 3 aromatic heterocycles. The number of ether oxygens (including phenoxy) is 1. The van der Waals surface area contributed by atoms with E-state index in [0.29, 0.717) is 27.5 Å². The Morgan fingerprint density at radius 1 is 0.946 bits per heavy atom. The number of hydrogen-bond acceptors (Lipinski definition) is 6. The van der Waals surface area contributed by atoms with Gasteiger partial charge in [-0.05, 0) is 73.7 Å². The van der Waals surface area contributed by atoms with Crippen LogP contribution in [0.1, 0.15) is 12.5 Å². The van der Waals surface area contributed by atoms with Gasteiger partial charge in [0.05, 0.1) is 16.8 Å². The maximum atomic E-state index is 13.3. The Kier molecular flexibility index (Phi) is 5.82. The Labute approximate surface area is 214 Å². The van der Waals surface area contributed by atoms with Gasteiger partial charge in [-0.1, -0.05) is 29.5 Å². The molecule has 0 saturated heterocycles. The van der Waals surface area contributed by atoms with E-state index in [-0.39, 0.29) is 11.4 Å². The van der Waals surface area contributed by atoms with Crippen molar-refractivity contribution in [3.05, 3.63) is 111 Å². The molecule has 0 bridgehead atoms. The van der Waals surface area contributed by atoms with Crippen molar-refractivity contribution in [1.82, 2.24) is 24.4 Å².